The molecular formula is C32H34FN9O4. The van der Waals surface area contributed by atoms with Crippen molar-refractivity contribution in [3.8, 4) is 35.0 Å². The Morgan fingerprint density at radius 3 is 2.61 bits per heavy atom. The van der Waals surface area contributed by atoms with E-state index >= 15 is 0 Å². The molecule has 2 atom stereocenters. The lowest BCUT2D eigenvalue weighted by atomic mass is 10.0. The maximum Gasteiger partial charge on any atom is 0.236 e. The molecule has 3 aliphatic heterocycles. The lowest BCUT2D eigenvalue weighted by Crippen LogP contribution is -2.56. The smallest absolute Gasteiger partial charge is 0.236 e. The van der Waals surface area contributed by atoms with Gasteiger partial charge in [0.1, 0.15) is 36.4 Å². The Balaban J connectivity index is 1.11. The van der Waals surface area contributed by atoms with E-state index in [1.165, 1.54) is 11.2 Å². The summed E-state index contributed by atoms with van der Waals surface area (Å²) in [5.41, 5.74) is 2.52. The van der Waals surface area contributed by atoms with E-state index in [9.17, 15) is 14.4 Å². The van der Waals surface area contributed by atoms with Gasteiger partial charge in [0, 0.05) is 56.5 Å². The van der Waals surface area contributed by atoms with Gasteiger partial charge in [-0.15, -0.1) is 0 Å². The molecule has 3 aromatic rings. The average molecular weight is 628 g/mol. The number of halogens is 1. The van der Waals surface area contributed by atoms with Crippen LogP contribution >= 0.6 is 0 Å². The van der Waals surface area contributed by atoms with Gasteiger partial charge in [-0.25, -0.2) is 14.4 Å². The van der Waals surface area contributed by atoms with E-state index in [-0.39, 0.29) is 37.2 Å². The molecule has 2 aromatic carbocycles. The molecule has 0 radical (unpaired) electrons. The number of carbonyl (C=O) groups is 1. The van der Waals surface area contributed by atoms with Crippen LogP contribution in [0.1, 0.15) is 18.4 Å². The molecule has 3 aliphatic rings. The van der Waals surface area contributed by atoms with Gasteiger partial charge in [-0.2, -0.15) is 15.5 Å². The standard InChI is InChI=1S/C32H34FN9O4/c1-44-29-15-23(3-4-26(29)41-12-10-40(11-13-41)24-18-45-19-24)38-32-37-20-36-31(39-32)21-2-5-27(22(14-21)16-35)46-28-7-9-42(17-25(28)33)30(43)6-8-34/h2-5,14-15,20,24-25,28H,6-7,9-13,17-19H2,1H3,(H,36,37,38,39)/t25-,28-/m0/s1. The van der Waals surface area contributed by atoms with Gasteiger partial charge in [-0.05, 0) is 30.3 Å². The lowest BCUT2D eigenvalue weighted by molar-refractivity contribution is -0.134. The fourth-order valence-electron chi connectivity index (χ4n) is 5.85. The molecular weight excluding hydrogens is 593 g/mol. The predicted octanol–water partition coefficient (Wildman–Crippen LogP) is 2.91. The van der Waals surface area contributed by atoms with E-state index in [1.54, 1.807) is 31.4 Å². The summed E-state index contributed by atoms with van der Waals surface area (Å²) in [6.07, 6.45) is -0.944. The summed E-state index contributed by atoms with van der Waals surface area (Å²) in [7, 11) is 1.65. The van der Waals surface area contributed by atoms with Crippen molar-refractivity contribution in [2.24, 2.45) is 0 Å². The van der Waals surface area contributed by atoms with Gasteiger partial charge < -0.3 is 29.3 Å². The summed E-state index contributed by atoms with van der Waals surface area (Å²) in [6, 6.07) is 15.2. The summed E-state index contributed by atoms with van der Waals surface area (Å²) < 4.78 is 31.8. The zero-order valence-corrected chi connectivity index (χ0v) is 25.4. The second kappa shape index (κ2) is 13.9. The molecule has 1 amide bonds. The number of amides is 1. The summed E-state index contributed by atoms with van der Waals surface area (Å²) in [5, 5.41) is 21.8. The number of nitrogens with zero attached hydrogens (tertiary/aromatic N) is 8. The minimum absolute atomic E-state index is 0.159. The molecule has 4 heterocycles. The van der Waals surface area contributed by atoms with Crippen LogP contribution in [0.3, 0.4) is 0 Å². The number of rotatable bonds is 9. The van der Waals surface area contributed by atoms with Crippen LogP contribution in [0.5, 0.6) is 11.5 Å². The fourth-order valence-corrected chi connectivity index (χ4v) is 5.85. The zero-order valence-electron chi connectivity index (χ0n) is 25.4. The minimum Gasteiger partial charge on any atom is -0.495 e. The van der Waals surface area contributed by atoms with Gasteiger partial charge in [-0.1, -0.05) is 0 Å². The van der Waals surface area contributed by atoms with Crippen LogP contribution < -0.4 is 19.7 Å². The SMILES string of the molecule is COc1cc(Nc2ncnc(-c3ccc(O[C@H]4CCN(C(=O)CC#N)C[C@@H]4F)c(C#N)c3)n2)ccc1N1CCN(C2COC2)CC1. The largest absolute Gasteiger partial charge is 0.495 e. The van der Waals surface area contributed by atoms with Crippen molar-refractivity contribution in [3.05, 3.63) is 48.3 Å². The van der Waals surface area contributed by atoms with Crippen LogP contribution in [0, 0.1) is 22.7 Å². The second-order valence-corrected chi connectivity index (χ2v) is 11.3. The van der Waals surface area contributed by atoms with Crippen LogP contribution in [0.2, 0.25) is 0 Å². The first-order valence-corrected chi connectivity index (χ1v) is 15.2. The number of piperazine rings is 1. The number of hydrogen-bond donors (Lipinski definition) is 1. The highest BCUT2D eigenvalue weighted by molar-refractivity contribution is 5.78. The number of carbonyl (C=O) groups excluding carboxylic acids is 1. The van der Waals surface area contributed by atoms with Gasteiger partial charge in [-0.3, -0.25) is 9.69 Å². The van der Waals surface area contributed by atoms with Gasteiger partial charge in [0.15, 0.2) is 12.0 Å². The Bertz CT molecular complexity index is 1650. The maximum atomic E-state index is 14.9. The zero-order chi connectivity index (χ0) is 32.0. The fraction of sp³-hybridized carbons (Fsp3) is 0.438. The van der Waals surface area contributed by atoms with Crippen LogP contribution in [-0.4, -0.2) is 109 Å². The maximum absolute atomic E-state index is 14.9. The van der Waals surface area contributed by atoms with Crippen molar-refractivity contribution >= 4 is 23.2 Å². The van der Waals surface area contributed by atoms with Gasteiger partial charge in [0.25, 0.3) is 0 Å². The van der Waals surface area contributed by atoms with E-state index in [4.69, 9.17) is 19.5 Å². The third-order valence-corrected chi connectivity index (χ3v) is 8.50. The molecule has 238 valence electrons. The predicted molar refractivity (Wildman–Crippen MR) is 165 cm³/mol. The molecule has 6 rings (SSSR count). The number of hydrogen-bond acceptors (Lipinski definition) is 12. The van der Waals surface area contributed by atoms with Crippen LogP contribution in [0.15, 0.2) is 42.7 Å². The highest BCUT2D eigenvalue weighted by Crippen LogP contribution is 2.34. The van der Waals surface area contributed by atoms with Crippen molar-refractivity contribution < 1.29 is 23.4 Å². The molecule has 0 aliphatic carbocycles. The number of benzene rings is 2. The number of likely N-dealkylation sites (tertiary alicyclic amines) is 1. The molecule has 14 heteroatoms. The van der Waals surface area contributed by atoms with Crippen molar-refractivity contribution in [2.75, 3.05) is 69.8 Å². The Labute approximate surface area is 266 Å². The summed E-state index contributed by atoms with van der Waals surface area (Å²) in [5.74, 6) is 1.22. The Morgan fingerprint density at radius 2 is 1.91 bits per heavy atom. The number of piperidine rings is 1. The molecule has 0 saturated carbocycles. The van der Waals surface area contributed by atoms with Crippen molar-refractivity contribution in [1.82, 2.24) is 24.8 Å². The first kappa shape index (κ1) is 31.0. The quantitative estimate of drug-likeness (QED) is 0.371. The second-order valence-electron chi connectivity index (χ2n) is 11.3. The van der Waals surface area contributed by atoms with Crippen molar-refractivity contribution in [3.63, 3.8) is 0 Å². The van der Waals surface area contributed by atoms with Crippen LogP contribution in [0.25, 0.3) is 11.4 Å². The minimum atomic E-state index is -1.45. The normalized spacial score (nSPS) is 20.3. The monoisotopic (exact) mass is 627 g/mol. The molecule has 1 N–H and O–H groups in total. The number of anilines is 3. The third kappa shape index (κ3) is 6.78. The first-order valence-electron chi connectivity index (χ1n) is 15.2. The summed E-state index contributed by atoms with van der Waals surface area (Å²) >= 11 is 0. The molecule has 13 nitrogen and oxygen atoms in total. The molecule has 46 heavy (non-hydrogen) atoms. The molecule has 0 bridgehead atoms. The first-order chi connectivity index (χ1) is 22.4. The van der Waals surface area contributed by atoms with Crippen LogP contribution in [-0.2, 0) is 9.53 Å². The van der Waals surface area contributed by atoms with Crippen LogP contribution in [0.4, 0.5) is 21.7 Å². The number of aromatic nitrogens is 3. The van der Waals surface area contributed by atoms with E-state index in [0.717, 1.165) is 56.5 Å². The van der Waals surface area contributed by atoms with Crippen molar-refractivity contribution in [2.45, 2.75) is 31.2 Å². The van der Waals surface area contributed by atoms with E-state index in [1.807, 2.05) is 18.2 Å². The van der Waals surface area contributed by atoms with E-state index in [2.05, 4.69) is 36.1 Å². The van der Waals surface area contributed by atoms with Crippen molar-refractivity contribution in [1.29, 1.82) is 10.5 Å². The van der Waals surface area contributed by atoms with E-state index in [0.29, 0.717) is 23.4 Å². The third-order valence-electron chi connectivity index (χ3n) is 8.50. The highest BCUT2D eigenvalue weighted by atomic mass is 19.1. The molecule has 0 spiro atoms. The topological polar surface area (TPSA) is 153 Å². The Morgan fingerprint density at radius 1 is 1.09 bits per heavy atom. The number of nitrogens with one attached hydrogen (secondary N) is 1. The van der Waals surface area contributed by atoms with Gasteiger partial charge >= 0.3 is 0 Å². The number of nitriles is 2. The molecule has 1 aromatic heterocycles. The summed E-state index contributed by atoms with van der Waals surface area (Å²) in [4.78, 5) is 31.2. The van der Waals surface area contributed by atoms with E-state index < -0.39 is 18.2 Å². The summed E-state index contributed by atoms with van der Waals surface area (Å²) in [6.45, 7) is 5.52. The molecule has 0 unspecified atom stereocenters. The van der Waals surface area contributed by atoms with Gasteiger partial charge in [0.2, 0.25) is 11.9 Å². The lowest BCUT2D eigenvalue weighted by Gasteiger charge is -2.43. The molecule has 3 fully saturated rings. The number of ether oxygens (including phenoxy) is 3. The highest BCUT2D eigenvalue weighted by Gasteiger charge is 2.33. The Kier molecular flexibility index (Phi) is 9.38. The molecule has 3 saturated heterocycles. The number of alkyl halides is 1. The average Bonchev–Trinajstić information content (AvgIpc) is 3.05. The van der Waals surface area contributed by atoms with Gasteiger partial charge in [0.05, 0.1) is 50.2 Å². The Hall–Kier alpha value is -5.05. The number of methoxy groups -OCH3 is 1.